The Bertz CT molecular complexity index is 829. The number of anilines is 1. The maximum absolute atomic E-state index is 4.64. The van der Waals surface area contributed by atoms with Gasteiger partial charge >= 0.3 is 0 Å². The molecule has 4 rings (SSSR count). The van der Waals surface area contributed by atoms with Crippen molar-refractivity contribution in [1.29, 1.82) is 0 Å². The summed E-state index contributed by atoms with van der Waals surface area (Å²) in [4.78, 5) is 16.5. The fraction of sp³-hybridized carbons (Fsp3) is 0.609. The number of hydrogen-bond donors (Lipinski definition) is 1. The molecule has 0 radical (unpaired) electrons. The lowest BCUT2D eigenvalue weighted by atomic mass is 10.1. The first-order valence-corrected chi connectivity index (χ1v) is 12.3. The predicted octanol–water partition coefficient (Wildman–Crippen LogP) is 2.36. The molecule has 2 aliphatic heterocycles. The summed E-state index contributed by atoms with van der Waals surface area (Å²) in [5, 5.41) is 4.71. The van der Waals surface area contributed by atoms with Crippen LogP contribution in [0.3, 0.4) is 0 Å². The molecule has 1 N–H and O–H groups in total. The number of nitrogens with zero attached hydrogens (tertiary/aromatic N) is 6. The highest BCUT2D eigenvalue weighted by Crippen LogP contribution is 2.20. The van der Waals surface area contributed by atoms with Gasteiger partial charge in [-0.15, -0.1) is 0 Å². The minimum atomic E-state index is 0.697. The number of guanidine groups is 1. The molecule has 2 saturated heterocycles. The summed E-state index contributed by atoms with van der Waals surface area (Å²) < 4.78 is 4.43. The van der Waals surface area contributed by atoms with E-state index in [0.717, 1.165) is 69.0 Å². The lowest BCUT2D eigenvalue weighted by Gasteiger charge is -2.36. The van der Waals surface area contributed by atoms with Crippen molar-refractivity contribution in [2.24, 2.45) is 10.9 Å². The van der Waals surface area contributed by atoms with E-state index in [9.17, 15) is 0 Å². The summed E-state index contributed by atoms with van der Waals surface area (Å²) in [5.41, 5.74) is 1.43. The second-order valence-electron chi connectivity index (χ2n) is 8.44. The van der Waals surface area contributed by atoms with E-state index in [-0.39, 0.29) is 0 Å². The number of benzene rings is 1. The molecule has 1 atom stereocenters. The van der Waals surface area contributed by atoms with Crippen LogP contribution in [0.5, 0.6) is 0 Å². The van der Waals surface area contributed by atoms with E-state index in [0.29, 0.717) is 5.92 Å². The molecule has 1 aromatic heterocycles. The molecule has 7 nitrogen and oxygen atoms in total. The number of aromatic nitrogens is 2. The van der Waals surface area contributed by atoms with Gasteiger partial charge in [-0.2, -0.15) is 4.37 Å². The maximum atomic E-state index is 4.64. The van der Waals surface area contributed by atoms with Gasteiger partial charge in [-0.1, -0.05) is 37.3 Å². The Kier molecular flexibility index (Phi) is 7.75. The van der Waals surface area contributed by atoms with Gasteiger partial charge in [-0.05, 0) is 30.9 Å². The zero-order valence-corrected chi connectivity index (χ0v) is 19.7. The Morgan fingerprint density at radius 1 is 1.16 bits per heavy atom. The highest BCUT2D eigenvalue weighted by Gasteiger charge is 2.25. The molecule has 1 aromatic carbocycles. The Labute approximate surface area is 190 Å². The van der Waals surface area contributed by atoms with Gasteiger partial charge in [0.1, 0.15) is 5.82 Å². The predicted molar refractivity (Wildman–Crippen MR) is 129 cm³/mol. The minimum Gasteiger partial charge on any atom is -0.356 e. The maximum Gasteiger partial charge on any atom is 0.205 e. The van der Waals surface area contributed by atoms with Gasteiger partial charge in [0.2, 0.25) is 5.13 Å². The summed E-state index contributed by atoms with van der Waals surface area (Å²) >= 11 is 1.52. The molecule has 2 aliphatic rings. The molecule has 8 heteroatoms. The van der Waals surface area contributed by atoms with Crippen molar-refractivity contribution in [3.05, 3.63) is 41.7 Å². The molecular weight excluding hydrogens is 406 g/mol. The first-order valence-electron chi connectivity index (χ1n) is 11.5. The zero-order chi connectivity index (χ0) is 21.5. The van der Waals surface area contributed by atoms with Crippen molar-refractivity contribution in [3.63, 3.8) is 0 Å². The lowest BCUT2D eigenvalue weighted by molar-refractivity contribution is 0.325. The van der Waals surface area contributed by atoms with E-state index in [1.54, 1.807) is 0 Å². The van der Waals surface area contributed by atoms with Crippen LogP contribution in [0.1, 0.15) is 24.7 Å². The molecule has 2 aromatic rings. The standard InChI is InChI=1S/C23H35N7S/c1-3-21-26-23(31-27-21)30-15-13-29(14-16-30)22(24-2)25-17-20-10-12-28(18-20)11-9-19-7-5-4-6-8-19/h4-8,20H,3,9-18H2,1-2H3,(H,24,25). The van der Waals surface area contributed by atoms with Crippen molar-refractivity contribution < 1.29 is 0 Å². The largest absolute Gasteiger partial charge is 0.356 e. The average Bonchev–Trinajstić information content (AvgIpc) is 3.49. The number of hydrogen-bond acceptors (Lipinski definition) is 6. The quantitative estimate of drug-likeness (QED) is 0.526. The SMILES string of the molecule is CCc1nsc(N2CCN(C(=NC)NCC3CCN(CCc4ccccc4)C3)CC2)n1. The lowest BCUT2D eigenvalue weighted by Crippen LogP contribution is -2.53. The Morgan fingerprint density at radius 2 is 1.97 bits per heavy atom. The Balaban J connectivity index is 1.18. The third kappa shape index (κ3) is 5.95. The summed E-state index contributed by atoms with van der Waals surface area (Å²) in [6, 6.07) is 10.8. The number of nitrogens with one attached hydrogen (secondary N) is 1. The van der Waals surface area contributed by atoms with Crippen molar-refractivity contribution in [2.45, 2.75) is 26.2 Å². The van der Waals surface area contributed by atoms with Crippen LogP contribution >= 0.6 is 11.5 Å². The minimum absolute atomic E-state index is 0.697. The van der Waals surface area contributed by atoms with Gasteiger partial charge in [-0.3, -0.25) is 4.99 Å². The summed E-state index contributed by atoms with van der Waals surface area (Å²) in [7, 11) is 1.90. The molecule has 0 saturated carbocycles. The van der Waals surface area contributed by atoms with Crippen molar-refractivity contribution in [3.8, 4) is 0 Å². The topological polar surface area (TPSA) is 59.9 Å². The fourth-order valence-electron chi connectivity index (χ4n) is 4.41. The van der Waals surface area contributed by atoms with Crippen LogP contribution in [0.2, 0.25) is 0 Å². The number of aryl methyl sites for hydroxylation is 1. The molecule has 0 amide bonds. The summed E-state index contributed by atoms with van der Waals surface area (Å²) in [5.74, 6) is 2.69. The number of rotatable bonds is 7. The van der Waals surface area contributed by atoms with Crippen molar-refractivity contribution in [1.82, 2.24) is 24.5 Å². The summed E-state index contributed by atoms with van der Waals surface area (Å²) in [6.07, 6.45) is 3.31. The van der Waals surface area contributed by atoms with Crippen LogP contribution in [-0.2, 0) is 12.8 Å². The Hall–Kier alpha value is -2.19. The van der Waals surface area contributed by atoms with E-state index in [1.807, 2.05) is 7.05 Å². The third-order valence-electron chi connectivity index (χ3n) is 6.31. The molecule has 1 unspecified atom stereocenters. The van der Waals surface area contributed by atoms with Gasteiger partial charge < -0.3 is 20.0 Å². The summed E-state index contributed by atoms with van der Waals surface area (Å²) in [6.45, 7) is 10.5. The average molecular weight is 442 g/mol. The molecule has 168 valence electrons. The van der Waals surface area contributed by atoms with E-state index in [4.69, 9.17) is 0 Å². The first kappa shape index (κ1) is 22.0. The molecule has 0 bridgehead atoms. The highest BCUT2D eigenvalue weighted by molar-refractivity contribution is 7.09. The van der Waals surface area contributed by atoms with Crippen molar-refractivity contribution >= 4 is 22.6 Å². The van der Waals surface area contributed by atoms with Crippen LogP contribution < -0.4 is 10.2 Å². The molecule has 3 heterocycles. The monoisotopic (exact) mass is 441 g/mol. The van der Waals surface area contributed by atoms with E-state index in [2.05, 4.69) is 71.6 Å². The van der Waals surface area contributed by atoms with E-state index >= 15 is 0 Å². The number of piperazine rings is 1. The van der Waals surface area contributed by atoms with Gasteiger partial charge in [-0.25, -0.2) is 4.98 Å². The van der Waals surface area contributed by atoms with Crippen LogP contribution in [-0.4, -0.2) is 84.5 Å². The first-order chi connectivity index (χ1) is 15.2. The second kappa shape index (κ2) is 10.9. The van der Waals surface area contributed by atoms with Crippen LogP contribution in [0.25, 0.3) is 0 Å². The van der Waals surface area contributed by atoms with Gasteiger partial charge in [0.15, 0.2) is 5.96 Å². The molecular formula is C23H35N7S. The highest BCUT2D eigenvalue weighted by atomic mass is 32.1. The molecule has 31 heavy (non-hydrogen) atoms. The van der Waals surface area contributed by atoms with E-state index < -0.39 is 0 Å². The van der Waals surface area contributed by atoms with E-state index in [1.165, 1.54) is 36.6 Å². The van der Waals surface area contributed by atoms with Gasteiger partial charge in [0, 0.05) is 70.8 Å². The van der Waals surface area contributed by atoms with Crippen LogP contribution in [0.15, 0.2) is 35.3 Å². The second-order valence-corrected chi connectivity index (χ2v) is 9.17. The van der Waals surface area contributed by atoms with Gasteiger partial charge in [0.25, 0.3) is 0 Å². The number of likely N-dealkylation sites (tertiary alicyclic amines) is 1. The number of aliphatic imine (C=N–C) groups is 1. The Morgan fingerprint density at radius 3 is 2.68 bits per heavy atom. The third-order valence-corrected chi connectivity index (χ3v) is 7.13. The molecule has 2 fully saturated rings. The smallest absolute Gasteiger partial charge is 0.205 e. The molecule has 0 spiro atoms. The fourth-order valence-corrected chi connectivity index (χ4v) is 5.21. The normalized spacial score (nSPS) is 20.5. The van der Waals surface area contributed by atoms with Gasteiger partial charge in [0.05, 0.1) is 0 Å². The van der Waals surface area contributed by atoms with Crippen LogP contribution in [0, 0.1) is 5.92 Å². The van der Waals surface area contributed by atoms with Crippen LogP contribution in [0.4, 0.5) is 5.13 Å². The zero-order valence-electron chi connectivity index (χ0n) is 18.8. The van der Waals surface area contributed by atoms with Crippen molar-refractivity contribution in [2.75, 3.05) is 64.3 Å². The molecule has 0 aliphatic carbocycles.